The van der Waals surface area contributed by atoms with Gasteiger partial charge in [-0.1, -0.05) is 11.8 Å². The molecule has 0 aromatic rings. The van der Waals surface area contributed by atoms with Crippen molar-refractivity contribution in [2.24, 2.45) is 5.10 Å². The van der Waals surface area contributed by atoms with Crippen molar-refractivity contribution in [3.8, 4) is 0 Å². The summed E-state index contributed by atoms with van der Waals surface area (Å²) in [6.07, 6.45) is 0.559. The van der Waals surface area contributed by atoms with Gasteiger partial charge in [0.1, 0.15) is 4.87 Å². The summed E-state index contributed by atoms with van der Waals surface area (Å²) < 4.78 is 4.58. The molecule has 1 rings (SSSR count). The first kappa shape index (κ1) is 15.5. The van der Waals surface area contributed by atoms with E-state index in [1.807, 2.05) is 0 Å². The normalized spacial score (nSPS) is 21.9. The first-order valence-corrected chi connectivity index (χ1v) is 6.53. The van der Waals surface area contributed by atoms with Crippen molar-refractivity contribution in [1.29, 1.82) is 0 Å². The number of carbonyl (C=O) groups excluding carboxylic acids is 3. The van der Waals surface area contributed by atoms with Gasteiger partial charge in [0.05, 0.1) is 7.11 Å². The molecular formula is C11H17N3O4S. The molecule has 1 atom stereocenters. The highest BCUT2D eigenvalue weighted by atomic mass is 32.2. The quantitative estimate of drug-likeness (QED) is 0.770. The molecule has 0 bridgehead atoms. The number of amidine groups is 1. The number of esters is 1. The minimum atomic E-state index is -0.697. The van der Waals surface area contributed by atoms with E-state index in [0.717, 1.165) is 0 Å². The zero-order chi connectivity index (χ0) is 14.6. The van der Waals surface area contributed by atoms with Gasteiger partial charge in [0.15, 0.2) is 5.17 Å². The van der Waals surface area contributed by atoms with E-state index in [-0.39, 0.29) is 24.2 Å². The Morgan fingerprint density at radius 1 is 1.42 bits per heavy atom. The van der Waals surface area contributed by atoms with Gasteiger partial charge in [0.25, 0.3) is 0 Å². The summed E-state index contributed by atoms with van der Waals surface area (Å²) in [5.74, 6) is -0.856. The number of nitrogens with zero attached hydrogens (tertiary/aromatic N) is 2. The van der Waals surface area contributed by atoms with Crippen LogP contribution in [0.15, 0.2) is 5.10 Å². The van der Waals surface area contributed by atoms with E-state index < -0.39 is 4.87 Å². The van der Waals surface area contributed by atoms with Crippen molar-refractivity contribution in [3.05, 3.63) is 0 Å². The first-order valence-electron chi connectivity index (χ1n) is 5.71. The zero-order valence-electron chi connectivity index (χ0n) is 11.3. The number of methoxy groups -OCH3 is 1. The second-order valence-corrected chi connectivity index (χ2v) is 5.74. The van der Waals surface area contributed by atoms with E-state index in [4.69, 9.17) is 0 Å². The molecule has 0 aromatic carbocycles. The van der Waals surface area contributed by atoms with Gasteiger partial charge in [-0.25, -0.2) is 5.01 Å². The predicted octanol–water partition coefficient (Wildman–Crippen LogP) is 0.658. The summed E-state index contributed by atoms with van der Waals surface area (Å²) >= 11 is 1.25. The lowest BCUT2D eigenvalue weighted by atomic mass is 10.1. The SMILES string of the molecule is COC(=O)CCC1(C)SC(NC(C)=O)=NN1C(C)=O. The van der Waals surface area contributed by atoms with Crippen LogP contribution in [0.1, 0.15) is 33.6 Å². The Labute approximate surface area is 115 Å². The van der Waals surface area contributed by atoms with Gasteiger partial charge in [-0.3, -0.25) is 14.4 Å². The van der Waals surface area contributed by atoms with Crippen LogP contribution in [0.2, 0.25) is 0 Å². The fourth-order valence-electron chi connectivity index (χ4n) is 1.67. The first-order chi connectivity index (χ1) is 8.78. The van der Waals surface area contributed by atoms with Crippen molar-refractivity contribution in [3.63, 3.8) is 0 Å². The van der Waals surface area contributed by atoms with Crippen molar-refractivity contribution in [2.45, 2.75) is 38.5 Å². The lowest BCUT2D eigenvalue weighted by Crippen LogP contribution is -2.40. The molecule has 1 heterocycles. The van der Waals surface area contributed by atoms with Crippen molar-refractivity contribution < 1.29 is 19.1 Å². The van der Waals surface area contributed by atoms with Gasteiger partial charge in [-0.2, -0.15) is 0 Å². The fraction of sp³-hybridized carbons (Fsp3) is 0.636. The average molecular weight is 287 g/mol. The number of amides is 2. The number of carbonyl (C=O) groups is 3. The molecule has 7 nitrogen and oxygen atoms in total. The van der Waals surface area contributed by atoms with Crippen molar-refractivity contribution in [2.75, 3.05) is 7.11 Å². The molecule has 1 aliphatic heterocycles. The van der Waals surface area contributed by atoms with E-state index in [1.54, 1.807) is 6.92 Å². The highest BCUT2D eigenvalue weighted by molar-refractivity contribution is 8.15. The van der Waals surface area contributed by atoms with E-state index in [9.17, 15) is 14.4 Å². The molecule has 19 heavy (non-hydrogen) atoms. The van der Waals surface area contributed by atoms with Gasteiger partial charge < -0.3 is 10.1 Å². The van der Waals surface area contributed by atoms with Crippen LogP contribution in [0.4, 0.5) is 0 Å². The summed E-state index contributed by atoms with van der Waals surface area (Å²) in [4.78, 5) is 33.1. The zero-order valence-corrected chi connectivity index (χ0v) is 12.2. The number of rotatable bonds is 3. The monoisotopic (exact) mass is 287 g/mol. The average Bonchev–Trinajstić information content (AvgIpc) is 2.63. The maximum Gasteiger partial charge on any atom is 0.305 e. The van der Waals surface area contributed by atoms with Gasteiger partial charge >= 0.3 is 5.97 Å². The number of hydrogen-bond donors (Lipinski definition) is 1. The molecule has 1 unspecified atom stereocenters. The Kier molecular flexibility index (Phi) is 4.93. The van der Waals surface area contributed by atoms with Crippen molar-refractivity contribution in [1.82, 2.24) is 10.3 Å². The van der Waals surface area contributed by atoms with E-state index >= 15 is 0 Å². The van der Waals surface area contributed by atoms with Crippen LogP contribution in [0.3, 0.4) is 0 Å². The van der Waals surface area contributed by atoms with Crippen LogP contribution in [-0.2, 0) is 19.1 Å². The van der Waals surface area contributed by atoms with Gasteiger partial charge in [0.2, 0.25) is 11.8 Å². The van der Waals surface area contributed by atoms with Crippen LogP contribution >= 0.6 is 11.8 Å². The molecule has 0 saturated carbocycles. The van der Waals surface area contributed by atoms with Crippen LogP contribution in [-0.4, -0.2) is 39.9 Å². The predicted molar refractivity (Wildman–Crippen MR) is 71.0 cm³/mol. The largest absolute Gasteiger partial charge is 0.469 e. The Balaban J connectivity index is 2.79. The summed E-state index contributed by atoms with van der Waals surface area (Å²) in [7, 11) is 1.31. The molecule has 0 fully saturated rings. The number of hydrazone groups is 1. The summed E-state index contributed by atoms with van der Waals surface area (Å²) in [5, 5.41) is 8.25. The topological polar surface area (TPSA) is 88.1 Å². The van der Waals surface area contributed by atoms with Crippen LogP contribution in [0.25, 0.3) is 0 Å². The molecule has 2 amide bonds. The van der Waals surface area contributed by atoms with Crippen LogP contribution in [0.5, 0.6) is 0 Å². The maximum atomic E-state index is 11.6. The third-order valence-electron chi connectivity index (χ3n) is 2.56. The summed E-state index contributed by atoms with van der Waals surface area (Å²) in [5.41, 5.74) is 0. The Morgan fingerprint density at radius 3 is 2.53 bits per heavy atom. The highest BCUT2D eigenvalue weighted by Gasteiger charge is 2.42. The van der Waals surface area contributed by atoms with E-state index in [1.165, 1.54) is 37.7 Å². The molecule has 0 radical (unpaired) electrons. The lowest BCUT2D eigenvalue weighted by Gasteiger charge is -2.30. The standard InChI is InChI=1S/C11H17N3O4S/c1-7(15)12-10-13-14(8(2)16)11(3,19-10)6-5-9(17)18-4/h5-6H2,1-4H3,(H,12,13,15). The smallest absolute Gasteiger partial charge is 0.305 e. The minimum absolute atomic E-state index is 0.173. The molecule has 1 N–H and O–H groups in total. The molecular weight excluding hydrogens is 270 g/mol. The molecule has 106 valence electrons. The number of nitrogens with one attached hydrogen (secondary N) is 1. The Morgan fingerprint density at radius 2 is 2.05 bits per heavy atom. The lowest BCUT2D eigenvalue weighted by molar-refractivity contribution is -0.142. The van der Waals surface area contributed by atoms with E-state index in [2.05, 4.69) is 15.2 Å². The Bertz CT molecular complexity index is 438. The molecule has 1 aliphatic rings. The highest BCUT2D eigenvalue weighted by Crippen LogP contribution is 2.39. The number of hydrogen-bond acceptors (Lipinski definition) is 6. The molecule has 0 spiro atoms. The molecule has 8 heteroatoms. The Hall–Kier alpha value is -1.57. The molecule has 0 aliphatic carbocycles. The number of ether oxygens (including phenoxy) is 1. The minimum Gasteiger partial charge on any atom is -0.469 e. The summed E-state index contributed by atoms with van der Waals surface area (Å²) in [6, 6.07) is 0. The number of thioether (sulfide) groups is 1. The molecule has 0 saturated heterocycles. The van der Waals surface area contributed by atoms with Gasteiger partial charge in [-0.05, 0) is 13.3 Å². The summed E-state index contributed by atoms with van der Waals surface area (Å²) in [6.45, 7) is 4.54. The third kappa shape index (κ3) is 3.95. The van der Waals surface area contributed by atoms with Crippen molar-refractivity contribution >= 4 is 34.7 Å². The molecule has 0 aromatic heterocycles. The van der Waals surface area contributed by atoms with E-state index in [0.29, 0.717) is 11.6 Å². The third-order valence-corrected chi connectivity index (χ3v) is 3.75. The van der Waals surface area contributed by atoms with Gasteiger partial charge in [-0.15, -0.1) is 5.10 Å². The van der Waals surface area contributed by atoms with Crippen LogP contribution in [0, 0.1) is 0 Å². The van der Waals surface area contributed by atoms with Crippen LogP contribution < -0.4 is 5.32 Å². The second-order valence-electron chi connectivity index (χ2n) is 4.27. The fourth-order valence-corrected chi connectivity index (χ4v) is 2.86. The second kappa shape index (κ2) is 6.05. The van der Waals surface area contributed by atoms with Gasteiger partial charge in [0, 0.05) is 20.3 Å². The maximum absolute atomic E-state index is 11.6.